The molecule has 0 aliphatic carbocycles. The van der Waals surface area contributed by atoms with Crippen molar-refractivity contribution in [1.82, 2.24) is 10.2 Å². The van der Waals surface area contributed by atoms with E-state index < -0.39 is 0 Å². The lowest BCUT2D eigenvalue weighted by molar-refractivity contribution is -0.123. The number of methoxy groups -OCH3 is 2. The molecule has 140 valence electrons. The molecule has 6 heteroatoms. The summed E-state index contributed by atoms with van der Waals surface area (Å²) < 4.78 is 10.6. The van der Waals surface area contributed by atoms with Crippen LogP contribution in [0.1, 0.15) is 35.4 Å². The van der Waals surface area contributed by atoms with E-state index in [9.17, 15) is 4.79 Å². The second-order valence-corrected chi connectivity index (χ2v) is 7.41. The Bertz CT molecular complexity index is 759. The molecule has 2 aromatic rings. The molecule has 26 heavy (non-hydrogen) atoms. The normalized spacial score (nSPS) is 16.8. The largest absolute Gasteiger partial charge is 0.493 e. The van der Waals surface area contributed by atoms with Crippen LogP contribution in [0.5, 0.6) is 11.5 Å². The first-order valence-electron chi connectivity index (χ1n) is 8.94. The molecule has 1 aliphatic rings. The highest BCUT2D eigenvalue weighted by atomic mass is 32.1. The van der Waals surface area contributed by atoms with Gasteiger partial charge in [-0.05, 0) is 47.5 Å². The third-order valence-electron chi connectivity index (χ3n) is 4.88. The number of amides is 1. The molecule has 0 saturated carbocycles. The zero-order valence-electron chi connectivity index (χ0n) is 15.6. The molecule has 0 spiro atoms. The van der Waals surface area contributed by atoms with Crippen LogP contribution < -0.4 is 14.8 Å². The molecule has 3 rings (SSSR count). The Morgan fingerprint density at radius 1 is 1.27 bits per heavy atom. The summed E-state index contributed by atoms with van der Waals surface area (Å²) in [7, 11) is 3.22. The van der Waals surface area contributed by atoms with Crippen molar-refractivity contribution >= 4 is 17.2 Å². The van der Waals surface area contributed by atoms with Crippen LogP contribution in [0.2, 0.25) is 0 Å². The summed E-state index contributed by atoms with van der Waals surface area (Å²) in [5, 5.41) is 5.18. The van der Waals surface area contributed by atoms with Crippen LogP contribution in [-0.4, -0.2) is 38.1 Å². The summed E-state index contributed by atoms with van der Waals surface area (Å²) in [5.41, 5.74) is 2.39. The van der Waals surface area contributed by atoms with E-state index in [1.165, 1.54) is 10.4 Å². The number of hydrogen-bond acceptors (Lipinski definition) is 5. The molecule has 1 amide bonds. The maximum Gasteiger partial charge on any atom is 0.234 e. The van der Waals surface area contributed by atoms with E-state index in [1.807, 2.05) is 29.5 Å². The summed E-state index contributed by atoms with van der Waals surface area (Å²) in [6.45, 7) is 4.04. The fraction of sp³-hybridized carbons (Fsp3) is 0.450. The minimum atomic E-state index is 0.0527. The van der Waals surface area contributed by atoms with Gasteiger partial charge in [-0.2, -0.15) is 0 Å². The van der Waals surface area contributed by atoms with E-state index in [2.05, 4.69) is 28.6 Å². The van der Waals surface area contributed by atoms with Crippen molar-refractivity contribution in [2.24, 2.45) is 0 Å². The molecule has 1 N–H and O–H groups in total. The van der Waals surface area contributed by atoms with Crippen molar-refractivity contribution in [2.75, 3.05) is 27.3 Å². The van der Waals surface area contributed by atoms with E-state index >= 15 is 0 Å². The second kappa shape index (κ2) is 8.56. The Morgan fingerprint density at radius 2 is 2.08 bits per heavy atom. The lowest BCUT2D eigenvalue weighted by Gasteiger charge is -2.34. The average molecular weight is 375 g/mol. The van der Waals surface area contributed by atoms with Crippen molar-refractivity contribution in [3.63, 3.8) is 0 Å². The molecule has 1 aliphatic heterocycles. The van der Waals surface area contributed by atoms with Crippen molar-refractivity contribution < 1.29 is 14.3 Å². The van der Waals surface area contributed by atoms with Crippen molar-refractivity contribution in [3.8, 4) is 11.5 Å². The van der Waals surface area contributed by atoms with E-state index in [-0.39, 0.29) is 5.91 Å². The highest BCUT2D eigenvalue weighted by Gasteiger charge is 2.28. The number of thiophene rings is 1. The monoisotopic (exact) mass is 374 g/mol. The lowest BCUT2D eigenvalue weighted by atomic mass is 9.98. The van der Waals surface area contributed by atoms with Crippen LogP contribution in [0.3, 0.4) is 0 Å². The van der Waals surface area contributed by atoms with Crippen LogP contribution in [0.4, 0.5) is 0 Å². The standard InChI is InChI=1S/C20H26N2O3S/c1-4-16-15-8-10-26-19(15)7-9-22(16)13-20(23)21-12-14-5-6-17(24-2)18(11-14)25-3/h5-6,8,10-11,16H,4,7,9,12-13H2,1-3H3,(H,21,23)/t16-/m0/s1. The predicted molar refractivity (Wildman–Crippen MR) is 104 cm³/mol. The summed E-state index contributed by atoms with van der Waals surface area (Å²) in [6.07, 6.45) is 2.05. The first-order chi connectivity index (χ1) is 12.7. The molecule has 1 aromatic heterocycles. The minimum absolute atomic E-state index is 0.0527. The van der Waals surface area contributed by atoms with Gasteiger partial charge in [0.15, 0.2) is 11.5 Å². The number of carbonyl (C=O) groups is 1. The first-order valence-corrected chi connectivity index (χ1v) is 9.82. The number of nitrogens with one attached hydrogen (secondary N) is 1. The SMILES string of the molecule is CC[C@H]1c2ccsc2CCN1CC(=O)NCc1ccc(OC)c(OC)c1. The van der Waals surface area contributed by atoms with E-state index in [0.717, 1.165) is 24.9 Å². The second-order valence-electron chi connectivity index (χ2n) is 6.41. The van der Waals surface area contributed by atoms with Gasteiger partial charge in [-0.3, -0.25) is 9.69 Å². The van der Waals surface area contributed by atoms with Crippen LogP contribution in [0, 0.1) is 0 Å². The third kappa shape index (κ3) is 4.02. The Morgan fingerprint density at radius 3 is 2.81 bits per heavy atom. The predicted octanol–water partition coefficient (Wildman–Crippen LogP) is 3.39. The molecule has 1 atom stereocenters. The molecular formula is C20H26N2O3S. The Labute approximate surface area is 158 Å². The van der Waals surface area contributed by atoms with Crippen LogP contribution >= 0.6 is 11.3 Å². The average Bonchev–Trinajstić information content (AvgIpc) is 3.14. The number of benzene rings is 1. The number of rotatable bonds is 7. The smallest absolute Gasteiger partial charge is 0.234 e. The number of carbonyl (C=O) groups excluding carboxylic acids is 1. The Hall–Kier alpha value is -2.05. The van der Waals surface area contributed by atoms with Gasteiger partial charge < -0.3 is 14.8 Å². The molecule has 5 nitrogen and oxygen atoms in total. The highest BCUT2D eigenvalue weighted by molar-refractivity contribution is 7.10. The minimum Gasteiger partial charge on any atom is -0.493 e. The quantitative estimate of drug-likeness (QED) is 0.807. The van der Waals surface area contributed by atoms with E-state index in [0.29, 0.717) is 30.6 Å². The molecule has 0 saturated heterocycles. The molecule has 0 radical (unpaired) electrons. The van der Waals surface area contributed by atoms with Gasteiger partial charge in [0, 0.05) is 24.0 Å². The maximum absolute atomic E-state index is 12.5. The third-order valence-corrected chi connectivity index (χ3v) is 5.87. The molecule has 0 fully saturated rings. The highest BCUT2D eigenvalue weighted by Crippen LogP contribution is 2.34. The Kier molecular flexibility index (Phi) is 6.16. The topological polar surface area (TPSA) is 50.8 Å². The van der Waals surface area contributed by atoms with Gasteiger partial charge >= 0.3 is 0 Å². The summed E-state index contributed by atoms with van der Waals surface area (Å²) in [5.74, 6) is 1.41. The first kappa shape index (κ1) is 18.7. The van der Waals surface area contributed by atoms with Crippen molar-refractivity contribution in [2.45, 2.75) is 32.4 Å². The molecular weight excluding hydrogens is 348 g/mol. The fourth-order valence-electron chi connectivity index (χ4n) is 3.55. The van der Waals surface area contributed by atoms with Gasteiger partial charge in [0.05, 0.1) is 20.8 Å². The molecule has 0 unspecified atom stereocenters. The van der Waals surface area contributed by atoms with E-state index in [4.69, 9.17) is 9.47 Å². The number of nitrogens with zero attached hydrogens (tertiary/aromatic N) is 1. The van der Waals surface area contributed by atoms with Crippen LogP contribution in [-0.2, 0) is 17.8 Å². The van der Waals surface area contributed by atoms with Gasteiger partial charge in [-0.25, -0.2) is 0 Å². The lowest BCUT2D eigenvalue weighted by Crippen LogP contribution is -2.42. The zero-order valence-corrected chi connectivity index (χ0v) is 16.4. The maximum atomic E-state index is 12.5. The van der Waals surface area contributed by atoms with Gasteiger partial charge in [0.1, 0.15) is 0 Å². The van der Waals surface area contributed by atoms with Gasteiger partial charge in [-0.1, -0.05) is 13.0 Å². The van der Waals surface area contributed by atoms with Crippen LogP contribution in [0.15, 0.2) is 29.6 Å². The summed E-state index contributed by atoms with van der Waals surface area (Å²) >= 11 is 1.83. The van der Waals surface area contributed by atoms with Crippen molar-refractivity contribution in [3.05, 3.63) is 45.6 Å². The van der Waals surface area contributed by atoms with Crippen LogP contribution in [0.25, 0.3) is 0 Å². The number of hydrogen-bond donors (Lipinski definition) is 1. The van der Waals surface area contributed by atoms with Gasteiger partial charge in [-0.15, -0.1) is 11.3 Å². The number of ether oxygens (including phenoxy) is 2. The van der Waals surface area contributed by atoms with Crippen molar-refractivity contribution in [1.29, 1.82) is 0 Å². The zero-order chi connectivity index (χ0) is 18.5. The number of fused-ring (bicyclic) bond motifs is 1. The summed E-state index contributed by atoms with van der Waals surface area (Å²) in [6, 6.07) is 8.25. The summed E-state index contributed by atoms with van der Waals surface area (Å²) in [4.78, 5) is 16.2. The van der Waals surface area contributed by atoms with E-state index in [1.54, 1.807) is 14.2 Å². The molecule has 1 aromatic carbocycles. The Balaban J connectivity index is 1.58. The molecule has 2 heterocycles. The fourth-order valence-corrected chi connectivity index (χ4v) is 4.48. The van der Waals surface area contributed by atoms with Gasteiger partial charge in [0.25, 0.3) is 0 Å². The van der Waals surface area contributed by atoms with Gasteiger partial charge in [0.2, 0.25) is 5.91 Å². The molecule has 0 bridgehead atoms.